The molecule has 21 heavy (non-hydrogen) atoms. The number of hydrogen-bond donors (Lipinski definition) is 0. The third-order valence-electron chi connectivity index (χ3n) is 4.55. The van der Waals surface area contributed by atoms with E-state index in [-0.39, 0.29) is 17.1 Å². The van der Waals surface area contributed by atoms with E-state index in [1.54, 1.807) is 7.05 Å². The van der Waals surface area contributed by atoms with E-state index in [2.05, 4.69) is 5.10 Å². The maximum Gasteiger partial charge on any atom is 0.274 e. The first-order valence-electron chi connectivity index (χ1n) is 7.57. The molecular weight excluding hydrogens is 270 g/mol. The van der Waals surface area contributed by atoms with Gasteiger partial charge in [-0.1, -0.05) is 0 Å². The summed E-state index contributed by atoms with van der Waals surface area (Å²) in [5.74, 6) is -0.0966. The van der Waals surface area contributed by atoms with Gasteiger partial charge >= 0.3 is 0 Å². The summed E-state index contributed by atoms with van der Waals surface area (Å²) in [6.07, 6.45) is 5.10. The fourth-order valence-corrected chi connectivity index (χ4v) is 3.30. The highest BCUT2D eigenvalue weighted by molar-refractivity contribution is 5.92. The van der Waals surface area contributed by atoms with Crippen molar-refractivity contribution in [2.24, 2.45) is 7.05 Å². The highest BCUT2D eigenvalue weighted by Crippen LogP contribution is 2.35. The Labute approximate surface area is 123 Å². The second-order valence-corrected chi connectivity index (χ2v) is 5.96. The van der Waals surface area contributed by atoms with E-state index in [9.17, 15) is 9.59 Å². The summed E-state index contributed by atoms with van der Waals surface area (Å²) in [7, 11) is 1.56. The minimum absolute atomic E-state index is 0.00794. The monoisotopic (exact) mass is 291 g/mol. The zero-order valence-electron chi connectivity index (χ0n) is 12.4. The third kappa shape index (κ3) is 2.85. The van der Waals surface area contributed by atoms with Crippen LogP contribution in [-0.2, 0) is 11.8 Å². The van der Waals surface area contributed by atoms with Crippen molar-refractivity contribution < 1.29 is 9.53 Å². The van der Waals surface area contributed by atoms with Gasteiger partial charge in [0.05, 0.1) is 5.60 Å². The number of hydrogen-bond acceptors (Lipinski definition) is 4. The van der Waals surface area contributed by atoms with E-state index >= 15 is 0 Å². The van der Waals surface area contributed by atoms with Crippen LogP contribution in [0, 0.1) is 0 Å². The van der Waals surface area contributed by atoms with E-state index in [0.29, 0.717) is 12.2 Å². The molecule has 0 radical (unpaired) electrons. The molecule has 1 aromatic rings. The van der Waals surface area contributed by atoms with Crippen LogP contribution >= 0.6 is 0 Å². The van der Waals surface area contributed by atoms with Gasteiger partial charge in [-0.3, -0.25) is 9.59 Å². The van der Waals surface area contributed by atoms with Crippen LogP contribution < -0.4 is 5.56 Å². The number of rotatable bonds is 1. The van der Waals surface area contributed by atoms with Crippen molar-refractivity contribution in [1.29, 1.82) is 0 Å². The molecule has 1 spiro atoms. The average Bonchev–Trinajstić information content (AvgIpc) is 2.83. The lowest BCUT2D eigenvalue weighted by atomic mass is 9.92. The minimum Gasteiger partial charge on any atom is -0.375 e. The van der Waals surface area contributed by atoms with Crippen LogP contribution in [0.2, 0.25) is 0 Å². The molecule has 0 aliphatic carbocycles. The van der Waals surface area contributed by atoms with Crippen molar-refractivity contribution in [3.63, 3.8) is 0 Å². The Balaban J connectivity index is 1.73. The molecule has 1 aromatic heterocycles. The Hall–Kier alpha value is -1.69. The Morgan fingerprint density at radius 2 is 2.05 bits per heavy atom. The highest BCUT2D eigenvalue weighted by Gasteiger charge is 2.37. The first kappa shape index (κ1) is 14.3. The van der Waals surface area contributed by atoms with E-state index in [1.807, 2.05) is 4.90 Å². The van der Waals surface area contributed by atoms with Crippen LogP contribution in [0.1, 0.15) is 42.6 Å². The molecule has 3 heterocycles. The van der Waals surface area contributed by atoms with Gasteiger partial charge in [-0.2, -0.15) is 5.10 Å². The quantitative estimate of drug-likeness (QED) is 0.773. The SMILES string of the molecule is Cn1nc(C(=O)N2CCCC3(CCCO3)CC2)ccc1=O. The lowest BCUT2D eigenvalue weighted by Gasteiger charge is -2.26. The van der Waals surface area contributed by atoms with Gasteiger partial charge in [-0.15, -0.1) is 0 Å². The molecule has 2 fully saturated rings. The van der Waals surface area contributed by atoms with Crippen LogP contribution in [0.5, 0.6) is 0 Å². The van der Waals surface area contributed by atoms with E-state index in [4.69, 9.17) is 4.74 Å². The van der Waals surface area contributed by atoms with Crippen LogP contribution in [0.25, 0.3) is 0 Å². The first-order chi connectivity index (χ1) is 10.1. The molecule has 6 nitrogen and oxygen atoms in total. The Morgan fingerprint density at radius 1 is 1.24 bits per heavy atom. The van der Waals surface area contributed by atoms with E-state index < -0.39 is 0 Å². The fraction of sp³-hybridized carbons (Fsp3) is 0.667. The highest BCUT2D eigenvalue weighted by atomic mass is 16.5. The van der Waals surface area contributed by atoms with Gasteiger partial charge in [0.2, 0.25) is 0 Å². The zero-order chi connectivity index (χ0) is 14.9. The Morgan fingerprint density at radius 3 is 2.76 bits per heavy atom. The molecule has 3 rings (SSSR count). The number of carbonyl (C=O) groups excluding carboxylic acids is 1. The molecule has 0 bridgehead atoms. The fourth-order valence-electron chi connectivity index (χ4n) is 3.30. The van der Waals surface area contributed by atoms with Gasteiger partial charge in [0.25, 0.3) is 11.5 Å². The van der Waals surface area contributed by atoms with Crippen molar-refractivity contribution in [3.8, 4) is 0 Å². The molecule has 0 saturated carbocycles. The zero-order valence-corrected chi connectivity index (χ0v) is 12.4. The predicted molar refractivity (Wildman–Crippen MR) is 77.1 cm³/mol. The van der Waals surface area contributed by atoms with E-state index in [1.165, 1.54) is 16.8 Å². The van der Waals surface area contributed by atoms with Gasteiger partial charge in [-0.05, 0) is 38.2 Å². The third-order valence-corrected chi connectivity index (χ3v) is 4.55. The largest absolute Gasteiger partial charge is 0.375 e. The maximum absolute atomic E-state index is 12.5. The molecule has 2 aliphatic rings. The number of likely N-dealkylation sites (tertiary alicyclic amines) is 1. The van der Waals surface area contributed by atoms with Crippen molar-refractivity contribution in [3.05, 3.63) is 28.2 Å². The summed E-state index contributed by atoms with van der Waals surface area (Å²) in [4.78, 5) is 25.7. The Bertz CT molecular complexity index is 590. The second kappa shape index (κ2) is 5.60. The number of aryl methyl sites for hydroxylation is 1. The average molecular weight is 291 g/mol. The normalized spacial score (nSPS) is 26.0. The molecular formula is C15H21N3O3. The molecule has 114 valence electrons. The lowest BCUT2D eigenvalue weighted by molar-refractivity contribution is -0.00693. The molecule has 6 heteroatoms. The number of ether oxygens (including phenoxy) is 1. The molecule has 1 unspecified atom stereocenters. The Kier molecular flexibility index (Phi) is 3.80. The van der Waals surface area contributed by atoms with Crippen molar-refractivity contribution in [2.45, 2.75) is 37.7 Å². The lowest BCUT2D eigenvalue weighted by Crippen LogP contribution is -2.35. The summed E-state index contributed by atoms with van der Waals surface area (Å²) in [6, 6.07) is 2.90. The first-order valence-corrected chi connectivity index (χ1v) is 7.57. The van der Waals surface area contributed by atoms with Gasteiger partial charge in [-0.25, -0.2) is 4.68 Å². The number of carbonyl (C=O) groups is 1. The van der Waals surface area contributed by atoms with Crippen molar-refractivity contribution in [2.75, 3.05) is 19.7 Å². The molecule has 0 aromatic carbocycles. The van der Waals surface area contributed by atoms with Gasteiger partial charge in [0, 0.05) is 32.8 Å². The summed E-state index contributed by atoms with van der Waals surface area (Å²) < 4.78 is 7.13. The summed E-state index contributed by atoms with van der Waals surface area (Å²) in [5.41, 5.74) is 0.118. The van der Waals surface area contributed by atoms with Crippen molar-refractivity contribution >= 4 is 5.91 Å². The number of nitrogens with zero attached hydrogens (tertiary/aromatic N) is 3. The van der Waals surface area contributed by atoms with Gasteiger partial charge < -0.3 is 9.64 Å². The standard InChI is InChI=1S/C15H21N3O3/c1-17-13(19)5-4-12(16-17)14(20)18-9-2-6-15(8-10-18)7-3-11-21-15/h4-5H,2-3,6-11H2,1H3. The molecule has 2 aliphatic heterocycles. The van der Waals surface area contributed by atoms with Crippen LogP contribution in [0.15, 0.2) is 16.9 Å². The number of aromatic nitrogens is 2. The number of amides is 1. The minimum atomic E-state index is -0.208. The van der Waals surface area contributed by atoms with E-state index in [0.717, 1.165) is 45.3 Å². The second-order valence-electron chi connectivity index (χ2n) is 5.96. The molecule has 0 N–H and O–H groups in total. The van der Waals surface area contributed by atoms with Crippen LogP contribution in [-0.4, -0.2) is 45.9 Å². The van der Waals surface area contributed by atoms with Gasteiger partial charge in [0.1, 0.15) is 5.69 Å². The smallest absolute Gasteiger partial charge is 0.274 e. The summed E-state index contributed by atoms with van der Waals surface area (Å²) in [5, 5.41) is 4.05. The predicted octanol–water partition coefficient (Wildman–Crippen LogP) is 0.956. The van der Waals surface area contributed by atoms with Crippen LogP contribution in [0.4, 0.5) is 0 Å². The van der Waals surface area contributed by atoms with Gasteiger partial charge in [0.15, 0.2) is 0 Å². The molecule has 2 saturated heterocycles. The van der Waals surface area contributed by atoms with Crippen molar-refractivity contribution in [1.82, 2.24) is 14.7 Å². The molecule has 1 amide bonds. The maximum atomic E-state index is 12.5. The van der Waals surface area contributed by atoms with Crippen LogP contribution in [0.3, 0.4) is 0 Å². The summed E-state index contributed by atoms with van der Waals surface area (Å²) >= 11 is 0. The topological polar surface area (TPSA) is 64.4 Å². The molecule has 1 atom stereocenters. The summed E-state index contributed by atoms with van der Waals surface area (Å²) in [6.45, 7) is 2.27.